The Balaban J connectivity index is 0.00000256. The Morgan fingerprint density at radius 3 is 2.30 bits per heavy atom. The smallest absolute Gasteiger partial charge is 0.300 e. The molecule has 154 valence electrons. The van der Waals surface area contributed by atoms with Crippen molar-refractivity contribution < 1.29 is 25.8 Å². The number of azo groups is 2. The molecule has 4 heteroatoms. The van der Waals surface area contributed by atoms with Gasteiger partial charge in [-0.05, 0) is 29.7 Å². The fourth-order valence-corrected chi connectivity index (χ4v) is 4.10. The summed E-state index contributed by atoms with van der Waals surface area (Å²) in [6, 6.07) is 29.1. The van der Waals surface area contributed by atoms with Gasteiger partial charge in [-0.1, -0.05) is 32.0 Å². The van der Waals surface area contributed by atoms with E-state index in [2.05, 4.69) is 74.0 Å². The standard InChI is InChI=1S/C26H26N3.Pt/c1-4-26(5-2,24-18-12-17-23(27-24)21-13-8-6-9-14-21)25-19-20(3)29(28-25)22-15-10-7-11-16-22;/h6-13,15,17-20H,4-5H2,1-3H3;/q-1;+2. The van der Waals surface area contributed by atoms with E-state index in [1.807, 2.05) is 36.4 Å². The van der Waals surface area contributed by atoms with Gasteiger partial charge in [0.1, 0.15) is 11.4 Å². The fraction of sp³-hybridized carbons (Fsp3) is 0.269. The number of hydrogen-bond donors (Lipinski definition) is 0. The van der Waals surface area contributed by atoms with E-state index in [-0.39, 0.29) is 32.5 Å². The van der Waals surface area contributed by atoms with Gasteiger partial charge in [0.25, 0.3) is 0 Å². The Bertz CT molecular complexity index is 1040. The maximum atomic E-state index is 5.07. The summed E-state index contributed by atoms with van der Waals surface area (Å²) in [5.74, 6) is 0. The van der Waals surface area contributed by atoms with Crippen molar-refractivity contribution >= 4 is 5.69 Å². The zero-order chi connectivity index (χ0) is 20.3. The largest absolute Gasteiger partial charge is 2.00 e. The minimum atomic E-state index is -0.220. The minimum Gasteiger partial charge on any atom is -0.300 e. The third kappa shape index (κ3) is 4.09. The van der Waals surface area contributed by atoms with Crippen molar-refractivity contribution in [1.82, 2.24) is 4.98 Å². The van der Waals surface area contributed by atoms with Gasteiger partial charge in [0.05, 0.1) is 5.41 Å². The number of rotatable bonds is 6. The average Bonchev–Trinajstić information content (AvgIpc) is 3.18. The van der Waals surface area contributed by atoms with E-state index >= 15 is 0 Å². The predicted octanol–water partition coefficient (Wildman–Crippen LogP) is 6.49. The van der Waals surface area contributed by atoms with Crippen molar-refractivity contribution in [1.29, 1.82) is 0 Å². The van der Waals surface area contributed by atoms with Crippen LogP contribution < -0.4 is 0 Å². The molecule has 0 spiro atoms. The molecule has 3 nitrogen and oxygen atoms in total. The van der Waals surface area contributed by atoms with E-state index < -0.39 is 0 Å². The molecule has 1 aromatic heterocycles. The molecule has 0 radical (unpaired) electrons. The van der Waals surface area contributed by atoms with Crippen LogP contribution in [0.25, 0.3) is 11.3 Å². The first-order valence-corrected chi connectivity index (χ1v) is 10.3. The topological polar surface area (TPSA) is 28.3 Å². The Morgan fingerprint density at radius 2 is 1.67 bits per heavy atom. The molecule has 2 heterocycles. The van der Waals surface area contributed by atoms with Gasteiger partial charge in [0.2, 0.25) is 0 Å². The fourth-order valence-electron chi connectivity index (χ4n) is 4.10. The molecule has 0 saturated heterocycles. The molecule has 0 saturated carbocycles. The van der Waals surface area contributed by atoms with Crippen LogP contribution in [0.2, 0.25) is 0 Å². The Morgan fingerprint density at radius 1 is 0.933 bits per heavy atom. The van der Waals surface area contributed by atoms with Crippen LogP contribution in [0.15, 0.2) is 83.6 Å². The molecule has 0 bridgehead atoms. The molecule has 30 heavy (non-hydrogen) atoms. The van der Waals surface area contributed by atoms with Crippen LogP contribution in [-0.2, 0) is 26.5 Å². The van der Waals surface area contributed by atoms with Gasteiger partial charge >= 0.3 is 21.1 Å². The third-order valence-corrected chi connectivity index (χ3v) is 5.86. The number of para-hydroxylation sites is 1. The molecular formula is C26H26N3Pt+. The zero-order valence-corrected chi connectivity index (χ0v) is 19.8. The first-order valence-electron chi connectivity index (χ1n) is 10.3. The van der Waals surface area contributed by atoms with Crippen molar-refractivity contribution in [3.05, 3.63) is 96.3 Å². The molecule has 3 aromatic rings. The Kier molecular flexibility index (Phi) is 7.15. The third-order valence-electron chi connectivity index (χ3n) is 5.86. The Labute approximate surface area is 193 Å². The second-order valence-electron chi connectivity index (χ2n) is 7.46. The summed E-state index contributed by atoms with van der Waals surface area (Å²) < 4.78 is 2.06. The molecule has 0 amide bonds. The summed E-state index contributed by atoms with van der Waals surface area (Å²) in [5.41, 5.74) is 4.90. The van der Waals surface area contributed by atoms with Gasteiger partial charge in [-0.2, -0.15) is 18.2 Å². The van der Waals surface area contributed by atoms with E-state index in [9.17, 15) is 0 Å². The van der Waals surface area contributed by atoms with Gasteiger partial charge in [0, 0.05) is 18.7 Å². The van der Waals surface area contributed by atoms with Crippen molar-refractivity contribution in [2.24, 2.45) is 5.11 Å². The molecule has 1 aliphatic heterocycles. The van der Waals surface area contributed by atoms with E-state index in [0.717, 1.165) is 41.2 Å². The summed E-state index contributed by atoms with van der Waals surface area (Å²) in [4.78, 5) is 5.07. The molecule has 4 rings (SSSR count). The molecule has 1 aliphatic rings. The summed E-state index contributed by atoms with van der Waals surface area (Å²) in [5, 5.41) is 5.05. The van der Waals surface area contributed by atoms with Gasteiger partial charge in [-0.15, -0.1) is 46.7 Å². The van der Waals surface area contributed by atoms with Crippen LogP contribution in [-0.4, -0.2) is 15.7 Å². The van der Waals surface area contributed by atoms with Crippen LogP contribution in [0.5, 0.6) is 0 Å². The maximum Gasteiger partial charge on any atom is 2.00 e. The number of hydrogen-bond acceptors (Lipinski definition) is 2. The molecule has 0 aliphatic carbocycles. The quantitative estimate of drug-likeness (QED) is 0.244. The normalized spacial score (nSPS) is 15.9. The average molecular weight is 576 g/mol. The maximum absolute atomic E-state index is 5.07. The van der Waals surface area contributed by atoms with E-state index in [1.165, 1.54) is 0 Å². The van der Waals surface area contributed by atoms with Crippen molar-refractivity contribution in [3.8, 4) is 11.3 Å². The zero-order valence-electron chi connectivity index (χ0n) is 17.6. The summed E-state index contributed by atoms with van der Waals surface area (Å²) >= 11 is 0. The van der Waals surface area contributed by atoms with Crippen LogP contribution in [0.1, 0.15) is 39.3 Å². The van der Waals surface area contributed by atoms with E-state index in [1.54, 1.807) is 0 Å². The van der Waals surface area contributed by atoms with Crippen molar-refractivity contribution in [3.63, 3.8) is 0 Å². The molecule has 2 aromatic carbocycles. The molecular weight excluding hydrogens is 549 g/mol. The van der Waals surface area contributed by atoms with E-state index in [0.29, 0.717) is 0 Å². The second-order valence-corrected chi connectivity index (χ2v) is 7.46. The first-order chi connectivity index (χ1) is 14.2. The monoisotopic (exact) mass is 575 g/mol. The molecule has 1 atom stereocenters. The first kappa shape index (κ1) is 22.3. The number of benzene rings is 2. The number of aromatic nitrogens is 1. The minimum absolute atomic E-state index is 0. The predicted molar refractivity (Wildman–Crippen MR) is 116 cm³/mol. The van der Waals surface area contributed by atoms with Crippen LogP contribution in [0.3, 0.4) is 0 Å². The van der Waals surface area contributed by atoms with Crippen LogP contribution in [0.4, 0.5) is 5.69 Å². The van der Waals surface area contributed by atoms with Gasteiger partial charge < -0.3 is 4.98 Å². The van der Waals surface area contributed by atoms with Gasteiger partial charge in [-0.3, -0.25) is 0 Å². The van der Waals surface area contributed by atoms with Crippen LogP contribution in [0, 0.1) is 12.1 Å². The summed E-state index contributed by atoms with van der Waals surface area (Å²) in [6.45, 7) is 6.63. The van der Waals surface area contributed by atoms with Crippen molar-refractivity contribution in [2.45, 2.75) is 45.1 Å². The Hall–Kier alpha value is -2.38. The molecule has 0 N–H and O–H groups in total. The van der Waals surface area contributed by atoms with Gasteiger partial charge in [0.15, 0.2) is 6.04 Å². The van der Waals surface area contributed by atoms with Gasteiger partial charge in [-0.25, -0.2) is 0 Å². The SMILES string of the molecule is CCC(CC)(C1=CC(C)[N+](c2[c-]cccc2)=N1)c1cccc(-c2[c-]cccc2)n1.[Pt+2]. The molecule has 1 unspecified atom stereocenters. The van der Waals surface area contributed by atoms with E-state index in [4.69, 9.17) is 10.1 Å². The molecule has 0 fully saturated rings. The van der Waals surface area contributed by atoms with Crippen LogP contribution >= 0.6 is 0 Å². The number of pyridine rings is 1. The number of allylic oxidation sites excluding steroid dienone is 1. The van der Waals surface area contributed by atoms with Crippen molar-refractivity contribution in [2.75, 3.05) is 0 Å². The number of nitrogens with zero attached hydrogens (tertiary/aromatic N) is 3. The summed E-state index contributed by atoms with van der Waals surface area (Å²) in [7, 11) is 0. The second kappa shape index (κ2) is 9.62. The summed E-state index contributed by atoms with van der Waals surface area (Å²) in [6.07, 6.45) is 4.15.